The summed E-state index contributed by atoms with van der Waals surface area (Å²) >= 11 is 0. The van der Waals surface area contributed by atoms with E-state index in [4.69, 9.17) is 4.74 Å². The van der Waals surface area contributed by atoms with Crippen LogP contribution in [0.5, 0.6) is 0 Å². The van der Waals surface area contributed by atoms with Gasteiger partial charge in [-0.15, -0.1) is 12.4 Å². The number of hydrogen-bond donors (Lipinski definition) is 1. The van der Waals surface area contributed by atoms with Gasteiger partial charge in [-0.3, -0.25) is 4.79 Å². The molecule has 0 aliphatic carbocycles. The van der Waals surface area contributed by atoms with Crippen LogP contribution in [0.4, 0.5) is 0 Å². The number of rotatable bonds is 0. The van der Waals surface area contributed by atoms with E-state index in [9.17, 15) is 4.79 Å². The molecule has 3 nitrogen and oxygen atoms in total. The maximum atomic E-state index is 11.6. The van der Waals surface area contributed by atoms with E-state index in [-0.39, 0.29) is 18.0 Å². The first kappa shape index (κ1) is 11.0. The van der Waals surface area contributed by atoms with Gasteiger partial charge in [0.15, 0.2) is 5.78 Å². The number of ketones is 1. The van der Waals surface area contributed by atoms with E-state index >= 15 is 0 Å². The third-order valence-corrected chi connectivity index (χ3v) is 2.85. The van der Waals surface area contributed by atoms with E-state index in [0.29, 0.717) is 5.78 Å². The quantitative estimate of drug-likeness (QED) is 0.639. The summed E-state index contributed by atoms with van der Waals surface area (Å²) in [5, 5.41) is 3.24. The first-order valence-corrected chi connectivity index (χ1v) is 4.71. The number of carbonyl (C=O) groups excluding carboxylic acids is 1. The van der Waals surface area contributed by atoms with Crippen molar-refractivity contribution in [3.05, 3.63) is 0 Å². The van der Waals surface area contributed by atoms with Gasteiger partial charge < -0.3 is 10.1 Å². The van der Waals surface area contributed by atoms with E-state index in [0.717, 1.165) is 45.4 Å². The molecule has 2 fully saturated rings. The van der Waals surface area contributed by atoms with Crippen LogP contribution in [0.2, 0.25) is 0 Å². The topological polar surface area (TPSA) is 38.3 Å². The fourth-order valence-electron chi connectivity index (χ4n) is 2.06. The maximum absolute atomic E-state index is 11.6. The number of piperidine rings is 1. The molecule has 0 aromatic heterocycles. The number of Topliss-reactive ketones (excluding diaryl/α,β-unsaturated/α-hetero) is 1. The average molecular weight is 206 g/mol. The summed E-state index contributed by atoms with van der Waals surface area (Å²) in [4.78, 5) is 11.6. The molecule has 2 rings (SSSR count). The molecule has 1 N–H and O–H groups in total. The molecule has 0 saturated carbocycles. The second-order valence-corrected chi connectivity index (χ2v) is 3.62. The van der Waals surface area contributed by atoms with Gasteiger partial charge in [0.1, 0.15) is 5.60 Å². The molecule has 0 unspecified atom stereocenters. The van der Waals surface area contributed by atoms with Crippen LogP contribution >= 0.6 is 12.4 Å². The highest BCUT2D eigenvalue weighted by Crippen LogP contribution is 2.29. The molecule has 0 atom stereocenters. The van der Waals surface area contributed by atoms with Crippen molar-refractivity contribution < 1.29 is 9.53 Å². The van der Waals surface area contributed by atoms with E-state index < -0.39 is 0 Å². The second-order valence-electron chi connectivity index (χ2n) is 3.62. The van der Waals surface area contributed by atoms with E-state index in [1.165, 1.54) is 0 Å². The summed E-state index contributed by atoms with van der Waals surface area (Å²) in [6.45, 7) is 2.61. The number of carbonyl (C=O) groups is 1. The molecule has 1 spiro atoms. The highest BCUT2D eigenvalue weighted by atomic mass is 35.5. The van der Waals surface area contributed by atoms with Gasteiger partial charge >= 0.3 is 0 Å². The van der Waals surface area contributed by atoms with E-state index in [1.54, 1.807) is 0 Å². The highest BCUT2D eigenvalue weighted by molar-refractivity contribution is 5.88. The van der Waals surface area contributed by atoms with Crippen LogP contribution in [0, 0.1) is 0 Å². The molecule has 2 aliphatic heterocycles. The van der Waals surface area contributed by atoms with E-state index in [1.807, 2.05) is 0 Å². The molecule has 0 aromatic rings. The summed E-state index contributed by atoms with van der Waals surface area (Å²) in [5.74, 6) is 0.329. The van der Waals surface area contributed by atoms with Gasteiger partial charge in [0.25, 0.3) is 0 Å². The molecule has 2 aliphatic rings. The first-order valence-electron chi connectivity index (χ1n) is 4.71. The molecule has 4 heteroatoms. The van der Waals surface area contributed by atoms with Crippen molar-refractivity contribution in [1.29, 1.82) is 0 Å². The molecular weight excluding hydrogens is 190 g/mol. The second kappa shape index (κ2) is 4.40. The lowest BCUT2D eigenvalue weighted by Gasteiger charge is -2.38. The Kier molecular flexibility index (Phi) is 3.71. The van der Waals surface area contributed by atoms with Crippen LogP contribution in [-0.4, -0.2) is 31.1 Å². The minimum absolute atomic E-state index is 0. The Labute approximate surface area is 84.6 Å². The molecule has 13 heavy (non-hydrogen) atoms. The number of hydrogen-bond acceptors (Lipinski definition) is 3. The van der Waals surface area contributed by atoms with Crippen LogP contribution in [0.25, 0.3) is 0 Å². The number of ether oxygens (including phenoxy) is 1. The fraction of sp³-hybridized carbons (Fsp3) is 0.889. The molecule has 76 valence electrons. The Morgan fingerprint density at radius 1 is 1.31 bits per heavy atom. The van der Waals surface area contributed by atoms with Crippen molar-refractivity contribution in [2.75, 3.05) is 19.7 Å². The zero-order valence-corrected chi connectivity index (χ0v) is 8.49. The summed E-state index contributed by atoms with van der Waals surface area (Å²) in [5.41, 5.74) is -0.385. The SMILES string of the molecule is Cl.O=C1CCCOC12CCNCC2. The van der Waals surface area contributed by atoms with Crippen LogP contribution in [0.3, 0.4) is 0 Å². The Hall–Kier alpha value is -0.120. The van der Waals surface area contributed by atoms with Crippen molar-refractivity contribution in [2.24, 2.45) is 0 Å². The van der Waals surface area contributed by atoms with Crippen LogP contribution in [0.1, 0.15) is 25.7 Å². The standard InChI is InChI=1S/C9H15NO2.ClH/c11-8-2-1-7-12-9(8)3-5-10-6-4-9;/h10H,1-7H2;1H. The van der Waals surface area contributed by atoms with Crippen LogP contribution < -0.4 is 5.32 Å². The third kappa shape index (κ3) is 2.03. The Bertz CT molecular complexity index is 182. The smallest absolute Gasteiger partial charge is 0.164 e. The monoisotopic (exact) mass is 205 g/mol. The Morgan fingerprint density at radius 2 is 2.00 bits per heavy atom. The van der Waals surface area contributed by atoms with Gasteiger partial charge in [0.2, 0.25) is 0 Å². The normalized spacial score (nSPS) is 26.9. The molecule has 2 heterocycles. The molecule has 0 radical (unpaired) electrons. The lowest BCUT2D eigenvalue weighted by atomic mass is 9.84. The predicted octanol–water partition coefficient (Wildman–Crippen LogP) is 0.910. The van der Waals surface area contributed by atoms with Gasteiger partial charge in [-0.2, -0.15) is 0 Å². The maximum Gasteiger partial charge on any atom is 0.164 e. The third-order valence-electron chi connectivity index (χ3n) is 2.85. The van der Waals surface area contributed by atoms with Gasteiger partial charge in [-0.1, -0.05) is 0 Å². The minimum atomic E-state index is -0.385. The molecule has 0 amide bonds. The van der Waals surface area contributed by atoms with Crippen molar-refractivity contribution in [3.63, 3.8) is 0 Å². The lowest BCUT2D eigenvalue weighted by molar-refractivity contribution is -0.156. The van der Waals surface area contributed by atoms with Gasteiger partial charge in [-0.25, -0.2) is 0 Å². The van der Waals surface area contributed by atoms with Crippen molar-refractivity contribution in [2.45, 2.75) is 31.3 Å². The Balaban J connectivity index is 0.000000845. The van der Waals surface area contributed by atoms with Crippen molar-refractivity contribution in [3.8, 4) is 0 Å². The zero-order chi connectivity index (χ0) is 8.44. The van der Waals surface area contributed by atoms with Crippen molar-refractivity contribution >= 4 is 18.2 Å². The molecule has 0 bridgehead atoms. The summed E-state index contributed by atoms with van der Waals surface area (Å²) in [7, 11) is 0. The van der Waals surface area contributed by atoms with Gasteiger partial charge in [-0.05, 0) is 32.4 Å². The summed E-state index contributed by atoms with van der Waals surface area (Å²) in [6.07, 6.45) is 3.37. The average Bonchev–Trinajstić information content (AvgIpc) is 2.12. The fourth-order valence-corrected chi connectivity index (χ4v) is 2.06. The van der Waals surface area contributed by atoms with Crippen LogP contribution in [-0.2, 0) is 9.53 Å². The first-order chi connectivity index (χ1) is 5.83. The summed E-state index contributed by atoms with van der Waals surface area (Å²) < 4.78 is 5.63. The minimum Gasteiger partial charge on any atom is -0.367 e. The summed E-state index contributed by atoms with van der Waals surface area (Å²) in [6, 6.07) is 0. The lowest BCUT2D eigenvalue weighted by Crippen LogP contribution is -2.51. The molecule has 2 saturated heterocycles. The van der Waals surface area contributed by atoms with E-state index in [2.05, 4.69) is 5.32 Å². The van der Waals surface area contributed by atoms with Crippen molar-refractivity contribution in [1.82, 2.24) is 5.32 Å². The largest absolute Gasteiger partial charge is 0.367 e. The van der Waals surface area contributed by atoms with Crippen LogP contribution in [0.15, 0.2) is 0 Å². The zero-order valence-electron chi connectivity index (χ0n) is 7.67. The molecule has 0 aromatic carbocycles. The predicted molar refractivity (Wildman–Crippen MR) is 52.3 cm³/mol. The van der Waals surface area contributed by atoms with Gasteiger partial charge in [0.05, 0.1) is 0 Å². The van der Waals surface area contributed by atoms with Gasteiger partial charge in [0, 0.05) is 13.0 Å². The number of nitrogens with one attached hydrogen (secondary N) is 1. The highest BCUT2D eigenvalue weighted by Gasteiger charge is 2.41. The molecular formula is C9H16ClNO2. The number of halogens is 1. The Morgan fingerprint density at radius 3 is 2.62 bits per heavy atom.